The molecule has 4 rings (SSSR count). The van der Waals surface area contributed by atoms with Crippen molar-refractivity contribution < 1.29 is 33.4 Å². The zero-order chi connectivity index (χ0) is 32.6. The van der Waals surface area contributed by atoms with E-state index in [0.717, 1.165) is 24.8 Å². The van der Waals surface area contributed by atoms with E-state index in [0.29, 0.717) is 25.8 Å². The molecule has 0 spiro atoms. The fourth-order valence-electron chi connectivity index (χ4n) is 5.88. The van der Waals surface area contributed by atoms with E-state index in [-0.39, 0.29) is 31.3 Å². The molecule has 45 heavy (non-hydrogen) atoms. The number of nitrogens with zero attached hydrogens (tertiary/aromatic N) is 1. The summed E-state index contributed by atoms with van der Waals surface area (Å²) in [5, 5.41) is 11.2. The molecule has 5 amide bonds. The normalized spacial score (nSPS) is 27.9. The average molecular weight is 626 g/mol. The highest BCUT2D eigenvalue weighted by molar-refractivity contribution is 5.99. The van der Waals surface area contributed by atoms with Crippen molar-refractivity contribution >= 4 is 29.7 Å². The smallest absolute Gasteiger partial charge is 0.408 e. The number of carbonyl (C=O) groups excluding carboxylic acids is 5. The van der Waals surface area contributed by atoms with Crippen molar-refractivity contribution in [1.82, 2.24) is 26.2 Å². The number of methoxy groups -OCH3 is 1. The van der Waals surface area contributed by atoms with Crippen LogP contribution in [0.1, 0.15) is 71.3 Å². The predicted molar refractivity (Wildman–Crippen MR) is 167 cm³/mol. The summed E-state index contributed by atoms with van der Waals surface area (Å²) in [6.45, 7) is 5.50. The molecule has 1 saturated carbocycles. The van der Waals surface area contributed by atoms with Crippen LogP contribution in [0.2, 0.25) is 0 Å². The number of hydrogen-bond acceptors (Lipinski definition) is 7. The summed E-state index contributed by atoms with van der Waals surface area (Å²) in [7, 11) is 1.52. The molecule has 0 radical (unpaired) electrons. The van der Waals surface area contributed by atoms with Gasteiger partial charge in [0.2, 0.25) is 23.6 Å². The van der Waals surface area contributed by atoms with Crippen molar-refractivity contribution in [2.24, 2.45) is 5.92 Å². The van der Waals surface area contributed by atoms with Crippen LogP contribution in [0, 0.1) is 5.92 Å². The van der Waals surface area contributed by atoms with Crippen LogP contribution in [0.3, 0.4) is 0 Å². The Morgan fingerprint density at radius 2 is 1.82 bits per heavy atom. The molecule has 2 fully saturated rings. The van der Waals surface area contributed by atoms with E-state index in [1.165, 1.54) is 12.0 Å². The molecule has 4 N–H and O–H groups in total. The van der Waals surface area contributed by atoms with Crippen molar-refractivity contribution in [3.8, 4) is 0 Å². The molecule has 3 aliphatic rings. The summed E-state index contributed by atoms with van der Waals surface area (Å²) in [6, 6.07) is 7.66. The summed E-state index contributed by atoms with van der Waals surface area (Å²) in [5.74, 6) is -1.92. The van der Waals surface area contributed by atoms with Crippen LogP contribution in [0.15, 0.2) is 42.5 Å². The predicted octanol–water partition coefficient (Wildman–Crippen LogP) is 2.32. The Hall–Kier alpha value is -3.93. The van der Waals surface area contributed by atoms with Crippen molar-refractivity contribution in [3.05, 3.63) is 48.0 Å². The fraction of sp³-hybridized carbons (Fsp3) is 0.606. The summed E-state index contributed by atoms with van der Waals surface area (Å²) in [4.78, 5) is 67.9. The number of allylic oxidation sites excluding steroid dienone is 1. The lowest BCUT2D eigenvalue weighted by Gasteiger charge is -2.30. The van der Waals surface area contributed by atoms with Gasteiger partial charge in [-0.25, -0.2) is 4.79 Å². The molecule has 12 nitrogen and oxygen atoms in total. The van der Waals surface area contributed by atoms with Gasteiger partial charge in [0.25, 0.3) is 0 Å². The van der Waals surface area contributed by atoms with E-state index in [1.807, 2.05) is 42.5 Å². The molecule has 0 unspecified atom stereocenters. The highest BCUT2D eigenvalue weighted by atomic mass is 16.6. The van der Waals surface area contributed by atoms with Gasteiger partial charge in [0, 0.05) is 32.5 Å². The summed E-state index contributed by atoms with van der Waals surface area (Å²) >= 11 is 0. The zero-order valence-electron chi connectivity index (χ0n) is 26.7. The lowest BCUT2D eigenvalue weighted by molar-refractivity contribution is -0.141. The van der Waals surface area contributed by atoms with Crippen molar-refractivity contribution in [1.29, 1.82) is 0 Å². The van der Waals surface area contributed by atoms with Crippen LogP contribution < -0.4 is 21.3 Å². The summed E-state index contributed by atoms with van der Waals surface area (Å²) < 4.78 is 11.0. The minimum absolute atomic E-state index is 0.171. The molecule has 0 bridgehead atoms. The molecule has 246 valence electrons. The first-order valence-electron chi connectivity index (χ1n) is 15.8. The third-order valence-corrected chi connectivity index (χ3v) is 8.41. The van der Waals surface area contributed by atoms with Crippen molar-refractivity contribution in [2.45, 2.75) is 102 Å². The lowest BCUT2D eigenvalue weighted by atomic mass is 10.0. The van der Waals surface area contributed by atoms with E-state index in [4.69, 9.17) is 9.47 Å². The summed E-state index contributed by atoms with van der Waals surface area (Å²) in [6.07, 6.45) is 7.06. The molecule has 5 atom stereocenters. The van der Waals surface area contributed by atoms with Gasteiger partial charge < -0.3 is 35.6 Å². The molecule has 12 heteroatoms. The van der Waals surface area contributed by atoms with Crippen molar-refractivity contribution in [3.63, 3.8) is 0 Å². The first kappa shape index (κ1) is 34.0. The first-order chi connectivity index (χ1) is 21.4. The van der Waals surface area contributed by atoms with Crippen LogP contribution in [-0.4, -0.2) is 84.1 Å². The largest absolute Gasteiger partial charge is 0.444 e. The van der Waals surface area contributed by atoms with Gasteiger partial charge in [-0.2, -0.15) is 0 Å². The lowest BCUT2D eigenvalue weighted by Crippen LogP contribution is -2.58. The Morgan fingerprint density at radius 1 is 1.07 bits per heavy atom. The number of amides is 5. The second-order valence-corrected chi connectivity index (χ2v) is 13.1. The van der Waals surface area contributed by atoms with Gasteiger partial charge >= 0.3 is 6.09 Å². The van der Waals surface area contributed by atoms with E-state index in [2.05, 4.69) is 21.3 Å². The number of rotatable bonds is 7. The van der Waals surface area contributed by atoms with Gasteiger partial charge in [-0.15, -0.1) is 0 Å². The summed E-state index contributed by atoms with van der Waals surface area (Å²) in [5.41, 5.74) is -1.04. The fourth-order valence-corrected chi connectivity index (χ4v) is 5.88. The zero-order valence-corrected chi connectivity index (χ0v) is 26.7. The molecule has 1 aromatic carbocycles. The molecule has 1 aromatic rings. The number of nitrogens with one attached hydrogen (secondary N) is 4. The highest BCUT2D eigenvalue weighted by Gasteiger charge is 2.61. The number of fused-ring (bicyclic) bond motifs is 2. The van der Waals surface area contributed by atoms with Gasteiger partial charge in [0.15, 0.2) is 0 Å². The maximum atomic E-state index is 13.9. The van der Waals surface area contributed by atoms with E-state index >= 15 is 0 Å². The van der Waals surface area contributed by atoms with Crippen LogP contribution in [-0.2, 0) is 35.2 Å². The second kappa shape index (κ2) is 14.9. The number of alkyl carbamates (subject to hydrolysis) is 1. The molecule has 2 heterocycles. The minimum atomic E-state index is -1.23. The van der Waals surface area contributed by atoms with Gasteiger partial charge in [0.05, 0.1) is 12.6 Å². The average Bonchev–Trinajstić information content (AvgIpc) is 3.50. The van der Waals surface area contributed by atoms with Gasteiger partial charge in [-0.1, -0.05) is 55.3 Å². The van der Waals surface area contributed by atoms with Crippen LogP contribution in [0.4, 0.5) is 4.79 Å². The molecule has 0 aromatic heterocycles. The molecule has 1 saturated heterocycles. The Labute approximate surface area is 265 Å². The van der Waals surface area contributed by atoms with Crippen LogP contribution in [0.25, 0.3) is 0 Å². The van der Waals surface area contributed by atoms with Gasteiger partial charge in [0.1, 0.15) is 23.2 Å². The number of carbonyl (C=O) groups is 5. The Bertz CT molecular complexity index is 1260. The maximum Gasteiger partial charge on any atom is 0.408 e. The number of ether oxygens (including phenoxy) is 2. The number of benzene rings is 1. The topological polar surface area (TPSA) is 155 Å². The number of hydrogen-bond donors (Lipinski definition) is 4. The second-order valence-electron chi connectivity index (χ2n) is 13.1. The highest BCUT2D eigenvalue weighted by Crippen LogP contribution is 2.45. The minimum Gasteiger partial charge on any atom is -0.444 e. The van der Waals surface area contributed by atoms with Gasteiger partial charge in [-0.05, 0) is 52.0 Å². The molecular formula is C33H47N5O7. The van der Waals surface area contributed by atoms with Crippen LogP contribution in [0.5, 0.6) is 0 Å². The van der Waals surface area contributed by atoms with E-state index in [9.17, 15) is 24.0 Å². The Morgan fingerprint density at radius 3 is 2.53 bits per heavy atom. The van der Waals surface area contributed by atoms with E-state index < -0.39 is 53.1 Å². The van der Waals surface area contributed by atoms with Crippen LogP contribution >= 0.6 is 0 Å². The monoisotopic (exact) mass is 625 g/mol. The third-order valence-electron chi connectivity index (χ3n) is 8.41. The Kier molecular flexibility index (Phi) is 11.2. The maximum absolute atomic E-state index is 13.9. The standard InChI is InChI=1S/C33H47N5O7/c1-32(2,3)45-31(43)36-25-16-12-7-5-6-11-15-23-18-33(23,37-28(40)26-17-24(44-4)21-38(26)29(25)41)30(42)35-20-27(39)34-19-22-13-9-8-10-14-22/h8-11,13-15,23-26H,5-7,12,16-21H2,1-4H3,(H,34,39)(H,35,42)(H,36,43)(H,37,40)/b15-11-/t23-,24+,25-,26-,33+/m0/s1. The molecule has 2 aliphatic heterocycles. The third kappa shape index (κ3) is 9.29. The quantitative estimate of drug-likeness (QED) is 0.339. The molecule has 1 aliphatic carbocycles. The van der Waals surface area contributed by atoms with Crippen molar-refractivity contribution in [2.75, 3.05) is 20.2 Å². The van der Waals surface area contributed by atoms with Gasteiger partial charge in [-0.3, -0.25) is 19.2 Å². The SMILES string of the molecule is CO[C@@H]1C[C@H]2C(=O)N[C@]3(C(=O)NCC(=O)NCc4ccccc4)C[C@@H]3/C=C\CCCCC[C@H](NC(=O)OC(C)(C)C)C(=O)N2C1. The Balaban J connectivity index is 1.48. The first-order valence-corrected chi connectivity index (χ1v) is 15.8. The molecular weight excluding hydrogens is 578 g/mol. The van der Waals surface area contributed by atoms with E-state index in [1.54, 1.807) is 20.8 Å².